The molecule has 0 fully saturated rings. The summed E-state index contributed by atoms with van der Waals surface area (Å²) in [6.07, 6.45) is 3.50. The maximum absolute atomic E-state index is 10.1. The number of hydrogen-bond acceptors (Lipinski definition) is 2. The SMILES string of the molecule is C=CC(C)N1CCCC(O)c2ccccc21. The van der Waals surface area contributed by atoms with E-state index in [0.717, 1.165) is 30.6 Å². The van der Waals surface area contributed by atoms with Gasteiger partial charge in [-0.1, -0.05) is 24.3 Å². The third-order valence-corrected chi connectivity index (χ3v) is 3.31. The highest BCUT2D eigenvalue weighted by atomic mass is 16.3. The van der Waals surface area contributed by atoms with Crippen LogP contribution in [0.2, 0.25) is 0 Å². The molecular formula is C14H19NO. The van der Waals surface area contributed by atoms with Crippen LogP contribution in [0.1, 0.15) is 31.4 Å². The van der Waals surface area contributed by atoms with Crippen LogP contribution in [-0.2, 0) is 0 Å². The fourth-order valence-electron chi connectivity index (χ4n) is 2.31. The smallest absolute Gasteiger partial charge is 0.0810 e. The van der Waals surface area contributed by atoms with E-state index >= 15 is 0 Å². The molecule has 86 valence electrons. The second-order valence-electron chi connectivity index (χ2n) is 4.39. The molecule has 1 aliphatic heterocycles. The van der Waals surface area contributed by atoms with Crippen LogP contribution in [0.15, 0.2) is 36.9 Å². The highest BCUT2D eigenvalue weighted by Crippen LogP contribution is 2.33. The van der Waals surface area contributed by atoms with Crippen molar-refractivity contribution in [3.63, 3.8) is 0 Å². The molecule has 0 saturated heterocycles. The highest BCUT2D eigenvalue weighted by Gasteiger charge is 2.22. The van der Waals surface area contributed by atoms with E-state index in [1.54, 1.807) is 0 Å². The number of nitrogens with zero attached hydrogens (tertiary/aromatic N) is 1. The lowest BCUT2D eigenvalue weighted by molar-refractivity contribution is 0.168. The van der Waals surface area contributed by atoms with E-state index in [1.807, 2.05) is 24.3 Å². The van der Waals surface area contributed by atoms with Crippen molar-refractivity contribution < 1.29 is 5.11 Å². The van der Waals surface area contributed by atoms with Crippen LogP contribution in [0.5, 0.6) is 0 Å². The van der Waals surface area contributed by atoms with Gasteiger partial charge in [-0.3, -0.25) is 0 Å². The number of aliphatic hydroxyl groups is 1. The largest absolute Gasteiger partial charge is 0.388 e. The first kappa shape index (κ1) is 11.2. The molecule has 16 heavy (non-hydrogen) atoms. The Labute approximate surface area is 97.2 Å². The molecule has 0 radical (unpaired) electrons. The molecule has 0 aliphatic carbocycles. The van der Waals surface area contributed by atoms with Gasteiger partial charge in [-0.15, -0.1) is 6.58 Å². The Hall–Kier alpha value is -1.28. The summed E-state index contributed by atoms with van der Waals surface area (Å²) in [6, 6.07) is 8.44. The van der Waals surface area contributed by atoms with Gasteiger partial charge in [0.25, 0.3) is 0 Å². The van der Waals surface area contributed by atoms with Gasteiger partial charge in [-0.05, 0) is 25.8 Å². The fourth-order valence-corrected chi connectivity index (χ4v) is 2.31. The summed E-state index contributed by atoms with van der Waals surface area (Å²) in [6.45, 7) is 6.98. The first-order chi connectivity index (χ1) is 7.74. The molecule has 2 rings (SSSR count). The minimum atomic E-state index is -0.321. The summed E-state index contributed by atoms with van der Waals surface area (Å²) in [5, 5.41) is 10.1. The molecule has 1 aromatic rings. The fraction of sp³-hybridized carbons (Fsp3) is 0.429. The zero-order valence-corrected chi connectivity index (χ0v) is 9.76. The van der Waals surface area contributed by atoms with Crippen molar-refractivity contribution in [3.8, 4) is 0 Å². The molecule has 0 aromatic heterocycles. The summed E-state index contributed by atoms with van der Waals surface area (Å²) in [5.41, 5.74) is 2.20. The lowest BCUT2D eigenvalue weighted by atomic mass is 10.0. The third kappa shape index (κ3) is 1.98. The van der Waals surface area contributed by atoms with Crippen LogP contribution in [-0.4, -0.2) is 17.7 Å². The van der Waals surface area contributed by atoms with Gasteiger partial charge < -0.3 is 10.0 Å². The van der Waals surface area contributed by atoms with Gasteiger partial charge >= 0.3 is 0 Å². The second kappa shape index (κ2) is 4.71. The van der Waals surface area contributed by atoms with E-state index in [1.165, 1.54) is 0 Å². The number of benzene rings is 1. The molecule has 1 aromatic carbocycles. The third-order valence-electron chi connectivity index (χ3n) is 3.31. The predicted octanol–water partition coefficient (Wildman–Crippen LogP) is 2.89. The van der Waals surface area contributed by atoms with Gasteiger partial charge in [-0.2, -0.15) is 0 Å². The maximum Gasteiger partial charge on any atom is 0.0810 e. The zero-order chi connectivity index (χ0) is 11.5. The van der Waals surface area contributed by atoms with Crippen LogP contribution in [0.4, 0.5) is 5.69 Å². The first-order valence-corrected chi connectivity index (χ1v) is 5.90. The lowest BCUT2D eigenvalue weighted by Crippen LogP contribution is -2.32. The topological polar surface area (TPSA) is 23.5 Å². The first-order valence-electron chi connectivity index (χ1n) is 5.90. The molecular weight excluding hydrogens is 198 g/mol. The Kier molecular flexibility index (Phi) is 3.30. The molecule has 1 heterocycles. The van der Waals surface area contributed by atoms with E-state index in [4.69, 9.17) is 0 Å². The van der Waals surface area contributed by atoms with Gasteiger partial charge in [0.2, 0.25) is 0 Å². The summed E-state index contributed by atoms with van der Waals surface area (Å²) < 4.78 is 0. The summed E-state index contributed by atoms with van der Waals surface area (Å²) in [5.74, 6) is 0. The van der Waals surface area contributed by atoms with Crippen molar-refractivity contribution in [2.24, 2.45) is 0 Å². The van der Waals surface area contributed by atoms with Gasteiger partial charge in [0.15, 0.2) is 0 Å². The molecule has 2 heteroatoms. The molecule has 0 saturated carbocycles. The van der Waals surface area contributed by atoms with Crippen molar-refractivity contribution in [2.45, 2.75) is 31.9 Å². The van der Waals surface area contributed by atoms with Gasteiger partial charge in [-0.25, -0.2) is 0 Å². The highest BCUT2D eigenvalue weighted by molar-refractivity contribution is 5.56. The van der Waals surface area contributed by atoms with Gasteiger partial charge in [0.05, 0.1) is 6.10 Å². The number of hydrogen-bond donors (Lipinski definition) is 1. The Morgan fingerprint density at radius 3 is 3.00 bits per heavy atom. The maximum atomic E-state index is 10.1. The molecule has 0 spiro atoms. The van der Waals surface area contributed by atoms with Crippen LogP contribution in [0, 0.1) is 0 Å². The lowest BCUT2D eigenvalue weighted by Gasteiger charge is -2.29. The van der Waals surface area contributed by atoms with Crippen molar-refractivity contribution in [3.05, 3.63) is 42.5 Å². The minimum absolute atomic E-state index is 0.312. The van der Waals surface area contributed by atoms with Crippen molar-refractivity contribution >= 4 is 5.69 Å². The van der Waals surface area contributed by atoms with E-state index < -0.39 is 0 Å². The predicted molar refractivity (Wildman–Crippen MR) is 67.6 cm³/mol. The van der Waals surface area contributed by atoms with Crippen LogP contribution in [0.25, 0.3) is 0 Å². The van der Waals surface area contributed by atoms with E-state index in [-0.39, 0.29) is 6.10 Å². The molecule has 2 atom stereocenters. The zero-order valence-electron chi connectivity index (χ0n) is 9.76. The molecule has 2 nitrogen and oxygen atoms in total. The average molecular weight is 217 g/mol. The quantitative estimate of drug-likeness (QED) is 0.770. The van der Waals surface area contributed by atoms with Gasteiger partial charge in [0.1, 0.15) is 0 Å². The minimum Gasteiger partial charge on any atom is -0.388 e. The van der Waals surface area contributed by atoms with E-state index in [9.17, 15) is 5.11 Å². The second-order valence-corrected chi connectivity index (χ2v) is 4.39. The van der Waals surface area contributed by atoms with Gasteiger partial charge in [0, 0.05) is 23.8 Å². The number of rotatable bonds is 2. The number of anilines is 1. The van der Waals surface area contributed by atoms with Crippen molar-refractivity contribution in [2.75, 3.05) is 11.4 Å². The Bertz CT molecular complexity index is 375. The standard InChI is InChI=1S/C14H19NO/c1-3-11(2)15-10-6-9-14(16)12-7-4-5-8-13(12)15/h3-5,7-8,11,14,16H,1,6,9-10H2,2H3. The summed E-state index contributed by atoms with van der Waals surface area (Å²) in [4.78, 5) is 2.32. The number of aliphatic hydroxyl groups excluding tert-OH is 1. The number of fused-ring (bicyclic) bond motifs is 1. The average Bonchev–Trinajstić information content (AvgIpc) is 2.49. The molecule has 1 N–H and O–H groups in total. The summed E-state index contributed by atoms with van der Waals surface area (Å²) in [7, 11) is 0. The normalized spacial score (nSPS) is 22.1. The molecule has 1 aliphatic rings. The van der Waals surface area contributed by atoms with Crippen molar-refractivity contribution in [1.29, 1.82) is 0 Å². The van der Waals surface area contributed by atoms with E-state index in [2.05, 4.69) is 24.5 Å². The Morgan fingerprint density at radius 1 is 1.50 bits per heavy atom. The number of para-hydroxylation sites is 1. The van der Waals surface area contributed by atoms with Crippen LogP contribution >= 0.6 is 0 Å². The summed E-state index contributed by atoms with van der Waals surface area (Å²) >= 11 is 0. The monoisotopic (exact) mass is 217 g/mol. The van der Waals surface area contributed by atoms with E-state index in [0.29, 0.717) is 6.04 Å². The Balaban J connectivity index is 2.42. The Morgan fingerprint density at radius 2 is 2.25 bits per heavy atom. The van der Waals surface area contributed by atoms with Crippen LogP contribution < -0.4 is 4.90 Å². The molecule has 0 amide bonds. The molecule has 0 bridgehead atoms. The molecule has 2 unspecified atom stereocenters. The van der Waals surface area contributed by atoms with Crippen LogP contribution in [0.3, 0.4) is 0 Å². The van der Waals surface area contributed by atoms with Crippen molar-refractivity contribution in [1.82, 2.24) is 0 Å².